The number of benzene rings is 1. The Morgan fingerprint density at radius 2 is 1.80 bits per heavy atom. The molecule has 0 spiro atoms. The van der Waals surface area contributed by atoms with Crippen molar-refractivity contribution in [3.63, 3.8) is 0 Å². The summed E-state index contributed by atoms with van der Waals surface area (Å²) in [5, 5.41) is 7.22. The molecule has 3 rings (SSSR count). The van der Waals surface area contributed by atoms with Crippen molar-refractivity contribution in [2.24, 2.45) is 0 Å². The van der Waals surface area contributed by atoms with Gasteiger partial charge in [0.05, 0.1) is 32.7 Å². The number of hydrogen-bond acceptors (Lipinski definition) is 5. The van der Waals surface area contributed by atoms with Crippen molar-refractivity contribution < 1.29 is 27.7 Å². The molecule has 1 aromatic carbocycles. The number of rotatable bonds is 7. The molecule has 0 aliphatic carbocycles. The van der Waals surface area contributed by atoms with Crippen molar-refractivity contribution in [3.05, 3.63) is 40.9 Å². The van der Waals surface area contributed by atoms with Gasteiger partial charge in [-0.3, -0.25) is 9.59 Å². The number of carbonyl (C=O) groups is 2. The maximum Gasteiger partial charge on any atom is 0.445 e. The van der Waals surface area contributed by atoms with Gasteiger partial charge in [-0.15, -0.1) is 10.2 Å². The predicted molar refractivity (Wildman–Crippen MR) is 105 cm³/mol. The number of anilines is 1. The number of amides is 2. The minimum atomic E-state index is -4.60. The normalized spacial score (nSPS) is 15.2. The molecule has 0 atom stereocenters. The van der Waals surface area contributed by atoms with E-state index in [9.17, 15) is 22.8 Å². The van der Waals surface area contributed by atoms with Crippen molar-refractivity contribution in [2.45, 2.75) is 25.4 Å². The van der Waals surface area contributed by atoms with Crippen molar-refractivity contribution in [2.75, 3.05) is 38.0 Å². The van der Waals surface area contributed by atoms with E-state index in [1.165, 1.54) is 10.5 Å². The maximum atomic E-state index is 12.5. The molecule has 30 heavy (non-hydrogen) atoms. The zero-order valence-corrected chi connectivity index (χ0v) is 17.1. The minimum Gasteiger partial charge on any atom is -0.332 e. The van der Waals surface area contributed by atoms with Gasteiger partial charge in [-0.2, -0.15) is 13.2 Å². The number of nitrogens with one attached hydrogen (secondary N) is 2. The highest BCUT2D eigenvalue weighted by molar-refractivity contribution is 7.15. The van der Waals surface area contributed by atoms with Gasteiger partial charge in [0.2, 0.25) is 22.0 Å². The van der Waals surface area contributed by atoms with E-state index in [0.29, 0.717) is 13.1 Å². The van der Waals surface area contributed by atoms with E-state index in [1.807, 2.05) is 18.2 Å². The average molecular weight is 442 g/mol. The lowest BCUT2D eigenvalue weighted by atomic mass is 10.1. The van der Waals surface area contributed by atoms with Gasteiger partial charge in [0.1, 0.15) is 0 Å². The highest BCUT2D eigenvalue weighted by Crippen LogP contribution is 2.32. The Balaban J connectivity index is 1.35. The molecule has 1 aliphatic heterocycles. The first-order valence-corrected chi connectivity index (χ1v) is 10.5. The number of alkyl halides is 3. The van der Waals surface area contributed by atoms with Crippen LogP contribution in [0.5, 0.6) is 0 Å². The molecule has 2 heterocycles. The summed E-state index contributed by atoms with van der Waals surface area (Å²) in [6, 6.07) is 10.3. The highest BCUT2D eigenvalue weighted by atomic mass is 32.1. The van der Waals surface area contributed by atoms with Crippen LogP contribution in [0, 0.1) is 0 Å². The summed E-state index contributed by atoms with van der Waals surface area (Å²) < 4.78 is 37.5. The van der Waals surface area contributed by atoms with Crippen LogP contribution in [-0.4, -0.2) is 59.6 Å². The number of aromatic nitrogens is 2. The van der Waals surface area contributed by atoms with Crippen molar-refractivity contribution in [3.8, 4) is 0 Å². The first kappa shape index (κ1) is 22.2. The second-order valence-corrected chi connectivity index (χ2v) is 8.05. The lowest BCUT2D eigenvalue weighted by Gasteiger charge is -2.32. The zero-order valence-electron chi connectivity index (χ0n) is 16.2. The molecule has 2 N–H and O–H groups in total. The fourth-order valence-electron chi connectivity index (χ4n) is 3.24. The molecule has 162 valence electrons. The van der Waals surface area contributed by atoms with E-state index in [4.69, 9.17) is 0 Å². The topological polar surface area (TPSA) is 79.6 Å². The summed E-state index contributed by atoms with van der Waals surface area (Å²) in [6.07, 6.45) is -3.70. The molecule has 0 unspecified atom stereocenters. The fraction of sp³-hybridized carbons (Fsp3) is 0.474. The van der Waals surface area contributed by atoms with Crippen molar-refractivity contribution in [1.29, 1.82) is 0 Å². The van der Waals surface area contributed by atoms with Crippen LogP contribution >= 0.6 is 11.3 Å². The molecule has 2 amide bonds. The molecular formula is C19H23F3N5O2S+. The number of nitrogens with zero attached hydrogens (tertiary/aromatic N) is 3. The highest BCUT2D eigenvalue weighted by Gasteiger charge is 2.35. The van der Waals surface area contributed by atoms with Crippen LogP contribution in [0.4, 0.5) is 18.3 Å². The molecule has 1 aromatic heterocycles. The number of carbonyl (C=O) groups excluding carboxylic acids is 2. The summed E-state index contributed by atoms with van der Waals surface area (Å²) in [5.74, 6) is -0.680. The van der Waals surface area contributed by atoms with E-state index in [1.54, 1.807) is 4.90 Å². The van der Waals surface area contributed by atoms with Crippen LogP contribution in [0.15, 0.2) is 30.3 Å². The standard InChI is InChI=1S/C19H22F3N5O2S/c20-19(21,22)17-24-25-18(30-17)23-15(28)6-7-16(29)27-12-10-26(11-13-27)9-8-14-4-2-1-3-5-14/h1-5H,6-13H2,(H,23,25,28)/p+1. The third kappa shape index (κ3) is 6.49. The number of quaternary nitrogens is 1. The Morgan fingerprint density at radius 3 is 2.43 bits per heavy atom. The number of piperazine rings is 1. The molecule has 0 bridgehead atoms. The fourth-order valence-corrected chi connectivity index (χ4v) is 3.86. The number of halogens is 3. The molecule has 0 saturated carbocycles. The molecule has 1 aliphatic rings. The smallest absolute Gasteiger partial charge is 0.332 e. The summed E-state index contributed by atoms with van der Waals surface area (Å²) in [6.45, 7) is 3.99. The summed E-state index contributed by atoms with van der Waals surface area (Å²) in [4.78, 5) is 27.4. The quantitative estimate of drug-likeness (QED) is 0.677. The third-order valence-corrected chi connectivity index (χ3v) is 5.80. The van der Waals surface area contributed by atoms with Crippen LogP contribution < -0.4 is 10.2 Å². The van der Waals surface area contributed by atoms with Gasteiger partial charge in [-0.1, -0.05) is 41.7 Å². The van der Waals surface area contributed by atoms with Gasteiger partial charge >= 0.3 is 6.18 Å². The Hall–Kier alpha value is -2.53. The lowest BCUT2D eigenvalue weighted by molar-refractivity contribution is -0.903. The van der Waals surface area contributed by atoms with E-state index in [0.717, 1.165) is 26.1 Å². The molecule has 1 fully saturated rings. The van der Waals surface area contributed by atoms with Crippen LogP contribution in [0.3, 0.4) is 0 Å². The SMILES string of the molecule is O=C(CCC(=O)N1CC[NH+](CCc2ccccc2)CC1)Nc1nnc(C(F)(F)F)s1. The first-order valence-electron chi connectivity index (χ1n) is 9.67. The van der Waals surface area contributed by atoms with Gasteiger partial charge in [0, 0.05) is 19.3 Å². The van der Waals surface area contributed by atoms with E-state index < -0.39 is 17.1 Å². The Morgan fingerprint density at radius 1 is 1.10 bits per heavy atom. The van der Waals surface area contributed by atoms with E-state index in [-0.39, 0.29) is 35.2 Å². The number of hydrogen-bond donors (Lipinski definition) is 2. The molecule has 2 aromatic rings. The van der Waals surface area contributed by atoms with Gasteiger partial charge < -0.3 is 15.1 Å². The van der Waals surface area contributed by atoms with Crippen molar-refractivity contribution >= 4 is 28.3 Å². The Kier molecular flexibility index (Phi) is 7.38. The van der Waals surface area contributed by atoms with Crippen LogP contribution in [0.1, 0.15) is 23.4 Å². The maximum absolute atomic E-state index is 12.5. The van der Waals surface area contributed by atoms with Crippen LogP contribution in [0.2, 0.25) is 0 Å². The van der Waals surface area contributed by atoms with E-state index in [2.05, 4.69) is 27.6 Å². The van der Waals surface area contributed by atoms with Crippen molar-refractivity contribution in [1.82, 2.24) is 15.1 Å². The molecule has 0 radical (unpaired) electrons. The molecular weight excluding hydrogens is 419 g/mol. The van der Waals surface area contributed by atoms with Gasteiger partial charge in [-0.05, 0) is 5.56 Å². The molecule has 7 nitrogen and oxygen atoms in total. The summed E-state index contributed by atoms with van der Waals surface area (Å²) >= 11 is 0.256. The molecule has 1 saturated heterocycles. The Bertz CT molecular complexity index is 851. The third-order valence-electron chi connectivity index (χ3n) is 4.91. The second-order valence-electron chi connectivity index (χ2n) is 7.07. The van der Waals surface area contributed by atoms with Gasteiger partial charge in [-0.25, -0.2) is 0 Å². The Labute approximate surface area is 175 Å². The van der Waals surface area contributed by atoms with Crippen LogP contribution in [-0.2, 0) is 22.2 Å². The zero-order chi connectivity index (χ0) is 21.6. The summed E-state index contributed by atoms with van der Waals surface area (Å²) in [7, 11) is 0. The predicted octanol–water partition coefficient (Wildman–Crippen LogP) is 1.25. The largest absolute Gasteiger partial charge is 0.445 e. The second kappa shape index (κ2) is 9.98. The monoisotopic (exact) mass is 442 g/mol. The first-order chi connectivity index (χ1) is 14.3. The van der Waals surface area contributed by atoms with E-state index >= 15 is 0 Å². The lowest BCUT2D eigenvalue weighted by Crippen LogP contribution is -3.15. The molecule has 11 heteroatoms. The van der Waals surface area contributed by atoms with Gasteiger partial charge in [0.15, 0.2) is 0 Å². The average Bonchev–Trinajstić information content (AvgIpc) is 3.21. The summed E-state index contributed by atoms with van der Waals surface area (Å²) in [5.41, 5.74) is 1.30. The minimum absolute atomic E-state index is 0.0100. The van der Waals surface area contributed by atoms with Gasteiger partial charge in [0.25, 0.3) is 0 Å². The van der Waals surface area contributed by atoms with Crippen LogP contribution in [0.25, 0.3) is 0 Å².